The summed E-state index contributed by atoms with van der Waals surface area (Å²) >= 11 is 0. The number of rotatable bonds is 13. The summed E-state index contributed by atoms with van der Waals surface area (Å²) in [6, 6.07) is 0. The maximum Gasteiger partial charge on any atom is 0.317 e. The van der Waals surface area contributed by atoms with Gasteiger partial charge in [-0.2, -0.15) is 0 Å². The van der Waals surface area contributed by atoms with Crippen molar-refractivity contribution >= 4 is 11.9 Å². The number of allylic oxidation sites excluding steroid dienone is 2. The van der Waals surface area contributed by atoms with Crippen LogP contribution in [0.5, 0.6) is 0 Å². The molecule has 1 heterocycles. The third kappa shape index (κ3) is 8.34. The molecule has 3 nitrogen and oxygen atoms in total. The lowest BCUT2D eigenvalue weighted by atomic mass is 9.86. The molecule has 0 saturated carbocycles. The Morgan fingerprint density at radius 2 is 1.65 bits per heavy atom. The van der Waals surface area contributed by atoms with Crippen LogP contribution < -0.4 is 0 Å². The van der Waals surface area contributed by atoms with Crippen molar-refractivity contribution in [3.8, 4) is 0 Å². The summed E-state index contributed by atoms with van der Waals surface area (Å²) in [6.45, 7) is 4.42. The fourth-order valence-corrected chi connectivity index (χ4v) is 3.19. The second-order valence-electron chi connectivity index (χ2n) is 6.75. The van der Waals surface area contributed by atoms with Crippen LogP contribution in [0.4, 0.5) is 0 Å². The van der Waals surface area contributed by atoms with Crippen LogP contribution in [-0.4, -0.2) is 11.9 Å². The second kappa shape index (κ2) is 12.3. The first-order valence-electron chi connectivity index (χ1n) is 9.60. The molecule has 1 rings (SSSR count). The molecule has 0 aromatic carbocycles. The van der Waals surface area contributed by atoms with Gasteiger partial charge in [0.25, 0.3) is 0 Å². The molecule has 3 heteroatoms. The Labute approximate surface area is 141 Å². The molecule has 0 spiro atoms. The molecular weight excluding hydrogens is 288 g/mol. The van der Waals surface area contributed by atoms with Gasteiger partial charge in [-0.25, -0.2) is 0 Å². The highest BCUT2D eigenvalue weighted by Gasteiger charge is 2.37. The van der Waals surface area contributed by atoms with Crippen molar-refractivity contribution in [2.75, 3.05) is 0 Å². The Balaban J connectivity index is 2.40. The van der Waals surface area contributed by atoms with Crippen LogP contribution in [0.25, 0.3) is 0 Å². The standard InChI is InChI=1S/C20H34O3/c1-3-5-7-9-10-11-13-15-17(14-12-8-6-4-2)18-16-19(21)23-20(18)22/h13,15,17-18H,3-12,14,16H2,1-2H3. The van der Waals surface area contributed by atoms with E-state index in [1.54, 1.807) is 0 Å². The van der Waals surface area contributed by atoms with E-state index in [0.29, 0.717) is 0 Å². The molecule has 0 aliphatic carbocycles. The summed E-state index contributed by atoms with van der Waals surface area (Å²) in [6.07, 6.45) is 17.9. The molecule has 132 valence electrons. The lowest BCUT2D eigenvalue weighted by molar-refractivity contribution is -0.153. The summed E-state index contributed by atoms with van der Waals surface area (Å²) in [5, 5.41) is 0. The van der Waals surface area contributed by atoms with E-state index >= 15 is 0 Å². The Bertz CT molecular complexity index is 373. The fourth-order valence-electron chi connectivity index (χ4n) is 3.19. The molecule has 0 aromatic rings. The van der Waals surface area contributed by atoms with Crippen LogP contribution in [0.1, 0.15) is 90.9 Å². The summed E-state index contributed by atoms with van der Waals surface area (Å²) in [7, 11) is 0. The van der Waals surface area contributed by atoms with Gasteiger partial charge in [-0.3, -0.25) is 9.59 Å². The second-order valence-corrected chi connectivity index (χ2v) is 6.75. The number of hydrogen-bond donors (Lipinski definition) is 0. The number of hydrogen-bond acceptors (Lipinski definition) is 3. The molecule has 1 aliphatic rings. The highest BCUT2D eigenvalue weighted by Crippen LogP contribution is 2.30. The molecule has 23 heavy (non-hydrogen) atoms. The highest BCUT2D eigenvalue weighted by atomic mass is 16.6. The summed E-state index contributed by atoms with van der Waals surface area (Å²) in [5.74, 6) is -0.753. The largest absolute Gasteiger partial charge is 0.393 e. The van der Waals surface area contributed by atoms with Crippen molar-refractivity contribution < 1.29 is 14.3 Å². The Kier molecular flexibility index (Phi) is 10.7. The number of ether oxygens (including phenoxy) is 1. The molecule has 0 N–H and O–H groups in total. The van der Waals surface area contributed by atoms with Crippen molar-refractivity contribution in [2.45, 2.75) is 90.9 Å². The normalized spacial score (nSPS) is 19.5. The molecule has 0 bridgehead atoms. The molecule has 0 radical (unpaired) electrons. The van der Waals surface area contributed by atoms with E-state index in [9.17, 15) is 9.59 Å². The maximum atomic E-state index is 11.8. The van der Waals surface area contributed by atoms with Crippen molar-refractivity contribution in [3.05, 3.63) is 12.2 Å². The van der Waals surface area contributed by atoms with Gasteiger partial charge in [0, 0.05) is 0 Å². The van der Waals surface area contributed by atoms with Gasteiger partial charge in [0.2, 0.25) is 0 Å². The molecular formula is C20H34O3. The van der Waals surface area contributed by atoms with Crippen LogP contribution in [0.2, 0.25) is 0 Å². The molecule has 1 fully saturated rings. The first-order valence-corrected chi connectivity index (χ1v) is 9.60. The molecule has 0 aromatic heterocycles. The smallest absolute Gasteiger partial charge is 0.317 e. The Hall–Kier alpha value is -1.12. The van der Waals surface area contributed by atoms with Gasteiger partial charge in [-0.1, -0.05) is 77.4 Å². The van der Waals surface area contributed by atoms with E-state index in [0.717, 1.165) is 19.3 Å². The van der Waals surface area contributed by atoms with Gasteiger partial charge in [0.1, 0.15) is 0 Å². The third-order valence-corrected chi connectivity index (χ3v) is 4.67. The zero-order valence-electron chi connectivity index (χ0n) is 15.0. The summed E-state index contributed by atoms with van der Waals surface area (Å²) in [4.78, 5) is 23.2. The summed E-state index contributed by atoms with van der Waals surface area (Å²) in [5.41, 5.74) is 0. The number of carbonyl (C=O) groups excluding carboxylic acids is 2. The predicted molar refractivity (Wildman–Crippen MR) is 94.0 cm³/mol. The Morgan fingerprint density at radius 1 is 1.00 bits per heavy atom. The van der Waals surface area contributed by atoms with E-state index in [-0.39, 0.29) is 30.2 Å². The van der Waals surface area contributed by atoms with Crippen molar-refractivity contribution in [1.29, 1.82) is 0 Å². The highest BCUT2D eigenvalue weighted by molar-refractivity contribution is 5.94. The van der Waals surface area contributed by atoms with Crippen molar-refractivity contribution in [3.63, 3.8) is 0 Å². The third-order valence-electron chi connectivity index (χ3n) is 4.67. The van der Waals surface area contributed by atoms with Crippen molar-refractivity contribution in [1.82, 2.24) is 0 Å². The van der Waals surface area contributed by atoms with E-state index in [1.807, 2.05) is 0 Å². The lowest BCUT2D eigenvalue weighted by Gasteiger charge is -2.16. The van der Waals surface area contributed by atoms with Crippen LogP contribution >= 0.6 is 0 Å². The maximum absolute atomic E-state index is 11.8. The number of cyclic esters (lactones) is 2. The van der Waals surface area contributed by atoms with Gasteiger partial charge < -0.3 is 4.74 Å². The predicted octanol–water partition coefficient (Wildman–Crippen LogP) is 5.58. The number of esters is 2. The monoisotopic (exact) mass is 322 g/mol. The zero-order chi connectivity index (χ0) is 16.9. The van der Waals surface area contributed by atoms with Gasteiger partial charge >= 0.3 is 11.9 Å². The first-order chi connectivity index (χ1) is 11.2. The van der Waals surface area contributed by atoms with Crippen LogP contribution in [0, 0.1) is 11.8 Å². The minimum atomic E-state index is -0.355. The molecule has 1 aliphatic heterocycles. The molecule has 1 saturated heterocycles. The Morgan fingerprint density at radius 3 is 2.26 bits per heavy atom. The van der Waals surface area contributed by atoms with Crippen molar-refractivity contribution in [2.24, 2.45) is 11.8 Å². The van der Waals surface area contributed by atoms with E-state index in [2.05, 4.69) is 26.0 Å². The van der Waals surface area contributed by atoms with E-state index in [4.69, 9.17) is 4.74 Å². The van der Waals surface area contributed by atoms with Crippen LogP contribution in [0.15, 0.2) is 12.2 Å². The molecule has 0 amide bonds. The summed E-state index contributed by atoms with van der Waals surface area (Å²) < 4.78 is 4.74. The quantitative estimate of drug-likeness (QED) is 0.192. The van der Waals surface area contributed by atoms with Gasteiger partial charge in [0.15, 0.2) is 0 Å². The van der Waals surface area contributed by atoms with E-state index in [1.165, 1.54) is 51.4 Å². The first kappa shape index (κ1) is 19.9. The average molecular weight is 322 g/mol. The van der Waals surface area contributed by atoms with Crippen LogP contribution in [-0.2, 0) is 14.3 Å². The topological polar surface area (TPSA) is 43.4 Å². The van der Waals surface area contributed by atoms with Gasteiger partial charge in [0.05, 0.1) is 12.3 Å². The van der Waals surface area contributed by atoms with Gasteiger partial charge in [-0.15, -0.1) is 0 Å². The van der Waals surface area contributed by atoms with Gasteiger partial charge in [-0.05, 0) is 25.2 Å². The fraction of sp³-hybridized carbons (Fsp3) is 0.800. The SMILES string of the molecule is CCCCCCCC=CC(CCCCCC)C1CC(=O)OC1=O. The number of carbonyl (C=O) groups is 2. The van der Waals surface area contributed by atoms with E-state index < -0.39 is 0 Å². The minimum absolute atomic E-state index is 0.168. The minimum Gasteiger partial charge on any atom is -0.393 e. The zero-order valence-corrected chi connectivity index (χ0v) is 15.0. The number of unbranched alkanes of at least 4 members (excludes halogenated alkanes) is 8. The molecule has 2 unspecified atom stereocenters. The van der Waals surface area contributed by atoms with Crippen LogP contribution in [0.3, 0.4) is 0 Å². The average Bonchev–Trinajstić information content (AvgIpc) is 2.87. The molecule has 2 atom stereocenters. The lowest BCUT2D eigenvalue weighted by Crippen LogP contribution is -2.18.